The van der Waals surface area contributed by atoms with Crippen molar-refractivity contribution < 1.29 is 0 Å². The van der Waals surface area contributed by atoms with Gasteiger partial charge in [-0.1, -0.05) is 0 Å². The summed E-state index contributed by atoms with van der Waals surface area (Å²) in [6.45, 7) is 6.71. The Hall–Kier alpha value is -0.820. The number of aryl methyl sites for hydroxylation is 1. The minimum absolute atomic E-state index is 0.965. The van der Waals surface area contributed by atoms with Gasteiger partial charge in [0, 0.05) is 44.0 Å². The van der Waals surface area contributed by atoms with Crippen LogP contribution in [0.1, 0.15) is 17.1 Å². The second kappa shape index (κ2) is 7.64. The maximum Gasteiger partial charge on any atom is 0.122 e. The van der Waals surface area contributed by atoms with E-state index in [2.05, 4.69) is 44.8 Å². The van der Waals surface area contributed by atoms with Crippen LogP contribution in [0.2, 0.25) is 0 Å². The Labute approximate surface area is 141 Å². The summed E-state index contributed by atoms with van der Waals surface area (Å²) in [5, 5.41) is 0. The number of thiophene rings is 1. The Balaban J connectivity index is 1.52. The maximum absolute atomic E-state index is 4.45. The molecule has 4 nitrogen and oxygen atoms in total. The molecule has 120 valence electrons. The third-order valence-electron chi connectivity index (χ3n) is 4.18. The van der Waals surface area contributed by atoms with Crippen LogP contribution in [0.3, 0.4) is 0 Å². The van der Waals surface area contributed by atoms with Crippen LogP contribution < -0.4 is 0 Å². The minimum atomic E-state index is 0.965. The lowest BCUT2D eigenvalue weighted by Crippen LogP contribution is -2.30. The van der Waals surface area contributed by atoms with Gasteiger partial charge in [-0.3, -0.25) is 9.80 Å². The first-order valence-electron chi connectivity index (χ1n) is 7.78. The summed E-state index contributed by atoms with van der Waals surface area (Å²) in [6, 6.07) is 4.53. The fraction of sp³-hybridized carbons (Fsp3) is 0.562. The maximum atomic E-state index is 4.45. The third kappa shape index (κ3) is 4.13. The SMILES string of the molecule is CSc1ccc(CN2CCCN(Cc3nccn3C)CC2)s1. The molecule has 22 heavy (non-hydrogen) atoms. The van der Waals surface area contributed by atoms with Gasteiger partial charge in [-0.2, -0.15) is 0 Å². The molecule has 0 atom stereocenters. The second-order valence-corrected chi connectivity index (χ2v) is 8.06. The van der Waals surface area contributed by atoms with Gasteiger partial charge < -0.3 is 4.57 Å². The molecule has 2 aromatic rings. The number of hydrogen-bond donors (Lipinski definition) is 0. The zero-order valence-corrected chi connectivity index (χ0v) is 15.0. The number of aromatic nitrogens is 2. The van der Waals surface area contributed by atoms with E-state index in [1.54, 1.807) is 0 Å². The van der Waals surface area contributed by atoms with Crippen LogP contribution in [0, 0.1) is 0 Å². The van der Waals surface area contributed by atoms with Crippen molar-refractivity contribution in [3.63, 3.8) is 0 Å². The monoisotopic (exact) mass is 336 g/mol. The van der Waals surface area contributed by atoms with Gasteiger partial charge in [0.05, 0.1) is 10.8 Å². The lowest BCUT2D eigenvalue weighted by molar-refractivity contribution is 0.243. The average molecular weight is 337 g/mol. The fourth-order valence-electron chi connectivity index (χ4n) is 2.86. The number of rotatable bonds is 5. The van der Waals surface area contributed by atoms with Crippen LogP contribution in [-0.4, -0.2) is 51.8 Å². The first kappa shape index (κ1) is 16.1. The second-order valence-electron chi connectivity index (χ2n) is 5.79. The molecule has 1 fully saturated rings. The van der Waals surface area contributed by atoms with E-state index in [-0.39, 0.29) is 0 Å². The molecule has 0 spiro atoms. The van der Waals surface area contributed by atoms with Gasteiger partial charge in [0.15, 0.2) is 0 Å². The van der Waals surface area contributed by atoms with E-state index in [1.807, 2.05) is 35.5 Å². The quantitative estimate of drug-likeness (QED) is 0.784. The standard InChI is InChI=1S/C16H24N4S2/c1-18-9-6-17-15(18)13-20-8-3-7-19(10-11-20)12-14-4-5-16(21-2)22-14/h4-6,9H,3,7-8,10-13H2,1-2H3. The summed E-state index contributed by atoms with van der Waals surface area (Å²) in [5.41, 5.74) is 0. The molecule has 1 aliphatic heterocycles. The van der Waals surface area contributed by atoms with Crippen molar-refractivity contribution in [1.29, 1.82) is 0 Å². The van der Waals surface area contributed by atoms with Crippen LogP contribution in [0.15, 0.2) is 28.7 Å². The Morgan fingerprint density at radius 3 is 2.55 bits per heavy atom. The Morgan fingerprint density at radius 1 is 1.14 bits per heavy atom. The lowest BCUT2D eigenvalue weighted by atomic mass is 10.3. The van der Waals surface area contributed by atoms with Gasteiger partial charge in [0.25, 0.3) is 0 Å². The van der Waals surface area contributed by atoms with Gasteiger partial charge in [-0.05, 0) is 37.9 Å². The molecule has 1 aliphatic rings. The van der Waals surface area contributed by atoms with E-state index in [0.717, 1.165) is 32.0 Å². The number of hydrogen-bond acceptors (Lipinski definition) is 5. The largest absolute Gasteiger partial charge is 0.337 e. The zero-order valence-electron chi connectivity index (χ0n) is 13.4. The predicted octanol–water partition coefficient (Wildman–Crippen LogP) is 2.91. The number of thioether (sulfide) groups is 1. The highest BCUT2D eigenvalue weighted by Gasteiger charge is 2.17. The molecule has 0 saturated carbocycles. The Bertz CT molecular complexity index is 592. The van der Waals surface area contributed by atoms with Crippen molar-refractivity contribution in [2.45, 2.75) is 23.7 Å². The predicted molar refractivity (Wildman–Crippen MR) is 94.5 cm³/mol. The van der Waals surface area contributed by atoms with E-state index in [0.29, 0.717) is 0 Å². The van der Waals surface area contributed by atoms with Crippen molar-refractivity contribution >= 4 is 23.1 Å². The van der Waals surface area contributed by atoms with Crippen LogP contribution in [0.5, 0.6) is 0 Å². The van der Waals surface area contributed by atoms with Crippen LogP contribution in [0.25, 0.3) is 0 Å². The molecule has 2 aromatic heterocycles. The molecule has 6 heteroatoms. The highest BCUT2D eigenvalue weighted by molar-refractivity contribution is 8.00. The van der Waals surface area contributed by atoms with E-state index in [9.17, 15) is 0 Å². The normalized spacial score (nSPS) is 17.7. The topological polar surface area (TPSA) is 24.3 Å². The minimum Gasteiger partial charge on any atom is -0.337 e. The van der Waals surface area contributed by atoms with Gasteiger partial charge in [-0.15, -0.1) is 23.1 Å². The molecule has 0 N–H and O–H groups in total. The van der Waals surface area contributed by atoms with Crippen molar-refractivity contribution in [2.75, 3.05) is 32.4 Å². The zero-order chi connectivity index (χ0) is 15.4. The average Bonchev–Trinajstić information content (AvgIpc) is 3.06. The Morgan fingerprint density at radius 2 is 1.91 bits per heavy atom. The first-order chi connectivity index (χ1) is 10.7. The lowest BCUT2D eigenvalue weighted by Gasteiger charge is -2.21. The molecule has 3 rings (SSSR count). The Kier molecular flexibility index (Phi) is 5.57. The van der Waals surface area contributed by atoms with Gasteiger partial charge in [-0.25, -0.2) is 4.98 Å². The van der Waals surface area contributed by atoms with Gasteiger partial charge in [0.1, 0.15) is 5.82 Å². The number of imidazole rings is 1. The molecule has 0 bridgehead atoms. The summed E-state index contributed by atoms with van der Waals surface area (Å²) in [7, 11) is 2.08. The van der Waals surface area contributed by atoms with E-state index >= 15 is 0 Å². The molecule has 3 heterocycles. The molecule has 0 amide bonds. The van der Waals surface area contributed by atoms with Crippen molar-refractivity contribution in [2.24, 2.45) is 7.05 Å². The first-order valence-corrected chi connectivity index (χ1v) is 9.82. The highest BCUT2D eigenvalue weighted by atomic mass is 32.2. The van der Waals surface area contributed by atoms with Crippen molar-refractivity contribution in [3.8, 4) is 0 Å². The van der Waals surface area contributed by atoms with Crippen LogP contribution >= 0.6 is 23.1 Å². The summed E-state index contributed by atoms with van der Waals surface area (Å²) in [5.74, 6) is 1.16. The number of nitrogens with zero attached hydrogens (tertiary/aromatic N) is 4. The van der Waals surface area contributed by atoms with E-state index < -0.39 is 0 Å². The molecule has 0 unspecified atom stereocenters. The molecule has 0 aliphatic carbocycles. The molecule has 0 radical (unpaired) electrons. The van der Waals surface area contributed by atoms with Crippen LogP contribution in [-0.2, 0) is 20.1 Å². The molecular formula is C16H24N4S2. The summed E-state index contributed by atoms with van der Waals surface area (Å²) >= 11 is 3.78. The smallest absolute Gasteiger partial charge is 0.122 e. The third-order valence-corrected chi connectivity index (χ3v) is 6.34. The summed E-state index contributed by atoms with van der Waals surface area (Å²) < 4.78 is 3.54. The van der Waals surface area contributed by atoms with Gasteiger partial charge in [0.2, 0.25) is 0 Å². The highest BCUT2D eigenvalue weighted by Crippen LogP contribution is 2.26. The molecule has 1 saturated heterocycles. The van der Waals surface area contributed by atoms with E-state index in [1.165, 1.54) is 28.6 Å². The summed E-state index contributed by atoms with van der Waals surface area (Å²) in [6.07, 6.45) is 7.31. The van der Waals surface area contributed by atoms with Crippen molar-refractivity contribution in [1.82, 2.24) is 19.4 Å². The van der Waals surface area contributed by atoms with Gasteiger partial charge >= 0.3 is 0 Å². The summed E-state index contributed by atoms with van der Waals surface area (Å²) in [4.78, 5) is 11.1. The van der Waals surface area contributed by atoms with E-state index in [4.69, 9.17) is 0 Å². The fourth-order valence-corrected chi connectivity index (χ4v) is 4.50. The molecule has 0 aromatic carbocycles. The van der Waals surface area contributed by atoms with Crippen molar-refractivity contribution in [3.05, 3.63) is 35.2 Å². The molecular weight excluding hydrogens is 312 g/mol. The van der Waals surface area contributed by atoms with Crippen LogP contribution in [0.4, 0.5) is 0 Å².